The summed E-state index contributed by atoms with van der Waals surface area (Å²) < 4.78 is 0. The van der Waals surface area contributed by atoms with E-state index in [0.29, 0.717) is 12.2 Å². The third-order valence-electron chi connectivity index (χ3n) is 3.00. The zero-order valence-corrected chi connectivity index (χ0v) is 11.2. The molecule has 0 saturated heterocycles. The van der Waals surface area contributed by atoms with Crippen LogP contribution in [0.4, 0.5) is 0 Å². The van der Waals surface area contributed by atoms with Crippen LogP contribution in [-0.4, -0.2) is 17.0 Å². The largest absolute Gasteiger partial charge is 0.393 e. The number of Topliss-reactive ketones (excluding diaryl/α,β-unsaturated/α-hetero) is 1. The molecule has 0 heterocycles. The van der Waals surface area contributed by atoms with Gasteiger partial charge >= 0.3 is 0 Å². The van der Waals surface area contributed by atoms with E-state index in [-0.39, 0.29) is 12.0 Å². The highest BCUT2D eigenvalue weighted by Crippen LogP contribution is 2.11. The van der Waals surface area contributed by atoms with Crippen LogP contribution in [-0.2, 0) is 4.79 Å². The van der Waals surface area contributed by atoms with Crippen molar-refractivity contribution in [1.29, 1.82) is 0 Å². The Morgan fingerprint density at radius 1 is 1.06 bits per heavy atom. The van der Waals surface area contributed by atoms with Crippen LogP contribution in [0.2, 0.25) is 0 Å². The molecule has 1 N–H and O–H groups in total. The summed E-state index contributed by atoms with van der Waals surface area (Å²) >= 11 is 0. The summed E-state index contributed by atoms with van der Waals surface area (Å²) in [6, 6.07) is 0. The van der Waals surface area contributed by atoms with E-state index in [9.17, 15) is 9.90 Å². The van der Waals surface area contributed by atoms with Gasteiger partial charge in [-0.25, -0.2) is 0 Å². The predicted molar refractivity (Wildman–Crippen MR) is 68.5 cm³/mol. The first-order valence-corrected chi connectivity index (χ1v) is 6.78. The van der Waals surface area contributed by atoms with Crippen LogP contribution in [0.1, 0.15) is 72.1 Å². The minimum absolute atomic E-state index is 0.124. The second-order valence-corrected chi connectivity index (χ2v) is 5.02. The minimum Gasteiger partial charge on any atom is -0.393 e. The molecule has 0 amide bonds. The SMILES string of the molecule is CCCCC(O)CCCCCC(=O)C(C)C. The average Bonchev–Trinajstić information content (AvgIpc) is 2.25. The summed E-state index contributed by atoms with van der Waals surface area (Å²) in [7, 11) is 0. The van der Waals surface area contributed by atoms with Gasteiger partial charge in [0.05, 0.1) is 6.10 Å². The lowest BCUT2D eigenvalue weighted by Crippen LogP contribution is -2.07. The maximum atomic E-state index is 11.3. The molecule has 0 aromatic heterocycles. The highest BCUT2D eigenvalue weighted by Gasteiger charge is 2.07. The molecule has 0 rings (SSSR count). The number of hydrogen-bond acceptors (Lipinski definition) is 2. The van der Waals surface area contributed by atoms with Gasteiger partial charge in [0.2, 0.25) is 0 Å². The lowest BCUT2D eigenvalue weighted by molar-refractivity contribution is -0.122. The van der Waals surface area contributed by atoms with Gasteiger partial charge in [0.15, 0.2) is 0 Å². The van der Waals surface area contributed by atoms with E-state index in [0.717, 1.165) is 44.9 Å². The topological polar surface area (TPSA) is 37.3 Å². The summed E-state index contributed by atoms with van der Waals surface area (Å²) in [5, 5.41) is 9.61. The average molecular weight is 228 g/mol. The molecule has 0 radical (unpaired) electrons. The van der Waals surface area contributed by atoms with Gasteiger partial charge in [-0.1, -0.05) is 46.5 Å². The standard InChI is InChI=1S/C14H28O2/c1-4-5-9-13(15)10-7-6-8-11-14(16)12(2)3/h12-13,15H,4-11H2,1-3H3. The summed E-state index contributed by atoms with van der Waals surface area (Å²) in [6.45, 7) is 6.05. The molecule has 0 bridgehead atoms. The smallest absolute Gasteiger partial charge is 0.135 e. The van der Waals surface area contributed by atoms with Crippen LogP contribution in [0, 0.1) is 5.92 Å². The van der Waals surface area contributed by atoms with E-state index in [1.807, 2.05) is 13.8 Å². The fourth-order valence-electron chi connectivity index (χ4n) is 1.73. The van der Waals surface area contributed by atoms with Gasteiger partial charge in [-0.3, -0.25) is 4.79 Å². The molecule has 96 valence electrons. The number of unbranched alkanes of at least 4 members (excludes halogenated alkanes) is 3. The Hall–Kier alpha value is -0.370. The molecule has 2 heteroatoms. The highest BCUT2D eigenvalue weighted by molar-refractivity contribution is 5.80. The first-order valence-electron chi connectivity index (χ1n) is 6.78. The maximum absolute atomic E-state index is 11.3. The monoisotopic (exact) mass is 228 g/mol. The van der Waals surface area contributed by atoms with Crippen molar-refractivity contribution >= 4 is 5.78 Å². The normalized spacial score (nSPS) is 13.1. The van der Waals surface area contributed by atoms with Crippen molar-refractivity contribution in [1.82, 2.24) is 0 Å². The second kappa shape index (κ2) is 9.83. The van der Waals surface area contributed by atoms with Gasteiger partial charge in [0.1, 0.15) is 5.78 Å². The number of carbonyl (C=O) groups excluding carboxylic acids is 1. The van der Waals surface area contributed by atoms with Crippen molar-refractivity contribution in [3.8, 4) is 0 Å². The van der Waals surface area contributed by atoms with Gasteiger partial charge in [-0.15, -0.1) is 0 Å². The fraction of sp³-hybridized carbons (Fsp3) is 0.929. The van der Waals surface area contributed by atoms with E-state index in [1.54, 1.807) is 0 Å². The number of carbonyl (C=O) groups is 1. The Morgan fingerprint density at radius 3 is 2.25 bits per heavy atom. The zero-order valence-electron chi connectivity index (χ0n) is 11.2. The molecule has 2 nitrogen and oxygen atoms in total. The van der Waals surface area contributed by atoms with E-state index < -0.39 is 0 Å². The molecular formula is C14H28O2. The van der Waals surface area contributed by atoms with Crippen LogP contribution >= 0.6 is 0 Å². The Morgan fingerprint density at radius 2 is 1.69 bits per heavy atom. The van der Waals surface area contributed by atoms with Crippen molar-refractivity contribution in [2.75, 3.05) is 0 Å². The quantitative estimate of drug-likeness (QED) is 0.579. The molecule has 0 aliphatic heterocycles. The first-order chi connectivity index (χ1) is 7.57. The van der Waals surface area contributed by atoms with Gasteiger partial charge in [-0.2, -0.15) is 0 Å². The van der Waals surface area contributed by atoms with Crippen LogP contribution in [0.15, 0.2) is 0 Å². The maximum Gasteiger partial charge on any atom is 0.135 e. The third kappa shape index (κ3) is 8.90. The molecular weight excluding hydrogens is 200 g/mol. The van der Waals surface area contributed by atoms with Gasteiger partial charge in [0.25, 0.3) is 0 Å². The summed E-state index contributed by atoms with van der Waals surface area (Å²) in [4.78, 5) is 11.3. The van der Waals surface area contributed by atoms with Crippen molar-refractivity contribution in [2.24, 2.45) is 5.92 Å². The highest BCUT2D eigenvalue weighted by atomic mass is 16.3. The van der Waals surface area contributed by atoms with Crippen molar-refractivity contribution in [3.05, 3.63) is 0 Å². The Labute approximate surface area is 100 Å². The van der Waals surface area contributed by atoms with Gasteiger partial charge in [0, 0.05) is 12.3 Å². The Balaban J connectivity index is 3.29. The number of aliphatic hydroxyl groups excluding tert-OH is 1. The molecule has 0 aliphatic carbocycles. The molecule has 0 aliphatic rings. The molecule has 1 atom stereocenters. The molecule has 1 unspecified atom stereocenters. The van der Waals surface area contributed by atoms with Gasteiger partial charge < -0.3 is 5.11 Å². The molecule has 0 fully saturated rings. The number of hydrogen-bond donors (Lipinski definition) is 1. The van der Waals surface area contributed by atoms with Crippen molar-refractivity contribution in [2.45, 2.75) is 78.2 Å². The van der Waals surface area contributed by atoms with Crippen LogP contribution in [0.25, 0.3) is 0 Å². The lowest BCUT2D eigenvalue weighted by Gasteiger charge is -2.09. The van der Waals surface area contributed by atoms with Crippen molar-refractivity contribution < 1.29 is 9.90 Å². The van der Waals surface area contributed by atoms with Crippen molar-refractivity contribution in [3.63, 3.8) is 0 Å². The summed E-state index contributed by atoms with van der Waals surface area (Å²) in [6.07, 6.45) is 7.79. The molecule has 0 saturated carbocycles. The molecule has 0 aromatic rings. The zero-order chi connectivity index (χ0) is 12.4. The van der Waals surface area contributed by atoms with Gasteiger partial charge in [-0.05, 0) is 19.3 Å². The summed E-state index contributed by atoms with van der Waals surface area (Å²) in [5.41, 5.74) is 0. The Bertz CT molecular complexity index is 176. The third-order valence-corrected chi connectivity index (χ3v) is 3.00. The molecule has 0 aromatic carbocycles. The lowest BCUT2D eigenvalue weighted by atomic mass is 10.0. The first kappa shape index (κ1) is 15.6. The Kier molecular flexibility index (Phi) is 9.60. The van der Waals surface area contributed by atoms with Crippen LogP contribution in [0.3, 0.4) is 0 Å². The van der Waals surface area contributed by atoms with E-state index >= 15 is 0 Å². The van der Waals surface area contributed by atoms with Crippen LogP contribution in [0.5, 0.6) is 0 Å². The predicted octanol–water partition coefficient (Wildman–Crippen LogP) is 3.71. The number of ketones is 1. The molecule has 16 heavy (non-hydrogen) atoms. The fourth-order valence-corrected chi connectivity index (χ4v) is 1.73. The summed E-state index contributed by atoms with van der Waals surface area (Å²) in [5.74, 6) is 0.543. The minimum atomic E-state index is -0.124. The van der Waals surface area contributed by atoms with Crippen LogP contribution < -0.4 is 0 Å². The second-order valence-electron chi connectivity index (χ2n) is 5.02. The molecule has 0 spiro atoms. The van der Waals surface area contributed by atoms with E-state index in [1.165, 1.54) is 0 Å². The number of aliphatic hydroxyl groups is 1. The van der Waals surface area contributed by atoms with E-state index in [2.05, 4.69) is 6.92 Å². The van der Waals surface area contributed by atoms with E-state index in [4.69, 9.17) is 0 Å². The number of rotatable bonds is 10.